The number of likely N-dealkylation sites (tertiary alicyclic amines) is 2. The largest absolute Gasteiger partial charge is 0.340 e. The van der Waals surface area contributed by atoms with E-state index in [1.807, 2.05) is 17.0 Å². The van der Waals surface area contributed by atoms with E-state index in [2.05, 4.69) is 0 Å². The van der Waals surface area contributed by atoms with Crippen molar-refractivity contribution in [3.05, 3.63) is 41.2 Å². The van der Waals surface area contributed by atoms with Crippen molar-refractivity contribution in [2.45, 2.75) is 38.6 Å². The second-order valence-electron chi connectivity index (χ2n) is 6.55. The van der Waals surface area contributed by atoms with Crippen LogP contribution >= 0.6 is 0 Å². The third kappa shape index (κ3) is 3.66. The highest BCUT2D eigenvalue weighted by Gasteiger charge is 2.35. The Kier molecular flexibility index (Phi) is 4.97. The van der Waals surface area contributed by atoms with Gasteiger partial charge in [-0.05, 0) is 43.4 Å². The number of rotatable bonds is 2. The van der Waals surface area contributed by atoms with Crippen LogP contribution in [-0.2, 0) is 9.59 Å². The van der Waals surface area contributed by atoms with Crippen LogP contribution in [0, 0.1) is 5.82 Å². The van der Waals surface area contributed by atoms with Gasteiger partial charge in [0.05, 0.1) is 0 Å². The fourth-order valence-electron chi connectivity index (χ4n) is 3.60. The number of carbonyl (C=O) groups excluding carboxylic acids is 2. The molecule has 0 N–H and O–H groups in total. The van der Waals surface area contributed by atoms with Crippen molar-refractivity contribution in [1.82, 2.24) is 9.80 Å². The molecule has 4 nitrogen and oxygen atoms in total. The lowest BCUT2D eigenvalue weighted by atomic mass is 10.00. The summed E-state index contributed by atoms with van der Waals surface area (Å²) < 4.78 is 13.2. The number of piperidine rings is 1. The molecule has 2 fully saturated rings. The summed E-state index contributed by atoms with van der Waals surface area (Å²) in [5.74, 6) is -0.176. The quantitative estimate of drug-likeness (QED) is 0.837. The minimum atomic E-state index is -0.281. The number of halogens is 1. The normalized spacial score (nSPS) is 21.1. The Morgan fingerprint density at radius 3 is 2.62 bits per heavy atom. The molecule has 2 heterocycles. The van der Waals surface area contributed by atoms with Gasteiger partial charge in [-0.2, -0.15) is 0 Å². The molecule has 2 saturated heterocycles. The molecule has 0 saturated carbocycles. The molecule has 1 atom stereocenters. The van der Waals surface area contributed by atoms with Crippen LogP contribution in [0.3, 0.4) is 0 Å². The highest BCUT2D eigenvalue weighted by molar-refractivity contribution is 5.87. The number of carbonyl (C=O) groups is 2. The van der Waals surface area contributed by atoms with Crippen molar-refractivity contribution in [2.24, 2.45) is 0 Å². The Morgan fingerprint density at radius 1 is 1.21 bits per heavy atom. The predicted molar refractivity (Wildman–Crippen MR) is 90.6 cm³/mol. The maximum Gasteiger partial charge on any atom is 0.245 e. The molecule has 5 heteroatoms. The van der Waals surface area contributed by atoms with Gasteiger partial charge in [-0.15, -0.1) is 0 Å². The SMILES string of the molecule is CC(=O)N1CCC[C@@H]1C(=O)N1CCC(=Cc2cccc(F)c2)CC1. The van der Waals surface area contributed by atoms with Crippen LogP contribution in [0.2, 0.25) is 0 Å². The molecule has 2 aliphatic rings. The van der Waals surface area contributed by atoms with E-state index in [9.17, 15) is 14.0 Å². The molecule has 2 aliphatic heterocycles. The Morgan fingerprint density at radius 2 is 1.96 bits per heavy atom. The summed E-state index contributed by atoms with van der Waals surface area (Å²) in [7, 11) is 0. The zero-order chi connectivity index (χ0) is 17.1. The van der Waals surface area contributed by atoms with E-state index in [1.165, 1.54) is 24.6 Å². The van der Waals surface area contributed by atoms with Gasteiger partial charge in [-0.25, -0.2) is 4.39 Å². The van der Waals surface area contributed by atoms with Gasteiger partial charge >= 0.3 is 0 Å². The van der Waals surface area contributed by atoms with E-state index in [4.69, 9.17) is 0 Å². The molecular formula is C19H23FN2O2. The third-order valence-electron chi connectivity index (χ3n) is 4.88. The number of benzene rings is 1. The second-order valence-corrected chi connectivity index (χ2v) is 6.55. The second kappa shape index (κ2) is 7.16. The lowest BCUT2D eigenvalue weighted by Crippen LogP contribution is -2.48. The molecule has 1 aromatic carbocycles. The van der Waals surface area contributed by atoms with E-state index < -0.39 is 0 Å². The molecule has 0 aromatic heterocycles. The maximum atomic E-state index is 13.2. The number of amides is 2. The Labute approximate surface area is 141 Å². The number of nitrogens with zero attached hydrogens (tertiary/aromatic N) is 2. The Hall–Kier alpha value is -2.17. The molecule has 24 heavy (non-hydrogen) atoms. The highest BCUT2D eigenvalue weighted by atomic mass is 19.1. The van der Waals surface area contributed by atoms with E-state index >= 15 is 0 Å². The van der Waals surface area contributed by atoms with Crippen molar-refractivity contribution >= 4 is 17.9 Å². The molecule has 2 amide bonds. The summed E-state index contributed by atoms with van der Waals surface area (Å²) in [6, 6.07) is 6.27. The van der Waals surface area contributed by atoms with E-state index in [0.29, 0.717) is 19.6 Å². The summed E-state index contributed by atoms with van der Waals surface area (Å²) in [4.78, 5) is 27.9. The monoisotopic (exact) mass is 330 g/mol. The van der Waals surface area contributed by atoms with Crippen LogP contribution in [0.5, 0.6) is 0 Å². The molecular weight excluding hydrogens is 307 g/mol. The minimum Gasteiger partial charge on any atom is -0.340 e. The van der Waals surface area contributed by atoms with Crippen molar-refractivity contribution < 1.29 is 14.0 Å². The third-order valence-corrected chi connectivity index (χ3v) is 4.88. The molecule has 3 rings (SSSR count). The minimum absolute atomic E-state index is 0.0189. The van der Waals surface area contributed by atoms with Gasteiger partial charge in [0.15, 0.2) is 0 Å². The lowest BCUT2D eigenvalue weighted by molar-refractivity contribution is -0.143. The lowest BCUT2D eigenvalue weighted by Gasteiger charge is -2.33. The van der Waals surface area contributed by atoms with Crippen LogP contribution in [0.15, 0.2) is 29.8 Å². The first-order chi connectivity index (χ1) is 11.5. The van der Waals surface area contributed by atoms with Crippen molar-refractivity contribution in [2.75, 3.05) is 19.6 Å². The molecule has 0 radical (unpaired) electrons. The smallest absolute Gasteiger partial charge is 0.245 e. The first-order valence-electron chi connectivity index (χ1n) is 8.55. The van der Waals surface area contributed by atoms with Gasteiger partial charge in [0.1, 0.15) is 11.9 Å². The summed E-state index contributed by atoms with van der Waals surface area (Å²) in [5.41, 5.74) is 2.10. The molecule has 0 spiro atoms. The average Bonchev–Trinajstić information content (AvgIpc) is 3.05. The summed E-state index contributed by atoms with van der Waals surface area (Å²) in [5, 5.41) is 0. The van der Waals surface area contributed by atoms with E-state index in [-0.39, 0.29) is 23.7 Å². The van der Waals surface area contributed by atoms with Gasteiger partial charge in [-0.3, -0.25) is 9.59 Å². The van der Waals surface area contributed by atoms with Gasteiger partial charge in [0.25, 0.3) is 0 Å². The number of hydrogen-bond acceptors (Lipinski definition) is 2. The van der Waals surface area contributed by atoms with Crippen LogP contribution < -0.4 is 0 Å². The van der Waals surface area contributed by atoms with Gasteiger partial charge in [0, 0.05) is 26.6 Å². The molecule has 0 aliphatic carbocycles. The predicted octanol–water partition coefficient (Wildman–Crippen LogP) is 2.84. The molecule has 0 bridgehead atoms. The van der Waals surface area contributed by atoms with Crippen molar-refractivity contribution in [3.63, 3.8) is 0 Å². The summed E-state index contributed by atoms with van der Waals surface area (Å²) >= 11 is 0. The zero-order valence-electron chi connectivity index (χ0n) is 14.0. The van der Waals surface area contributed by atoms with Crippen LogP contribution in [0.1, 0.15) is 38.2 Å². The van der Waals surface area contributed by atoms with E-state index in [1.54, 1.807) is 11.0 Å². The van der Waals surface area contributed by atoms with Crippen LogP contribution in [-0.4, -0.2) is 47.3 Å². The topological polar surface area (TPSA) is 40.6 Å². The Balaban J connectivity index is 1.60. The average molecular weight is 330 g/mol. The molecule has 128 valence electrons. The fourth-order valence-corrected chi connectivity index (χ4v) is 3.60. The van der Waals surface area contributed by atoms with Crippen LogP contribution in [0.4, 0.5) is 4.39 Å². The van der Waals surface area contributed by atoms with Gasteiger partial charge in [-0.1, -0.05) is 23.8 Å². The van der Waals surface area contributed by atoms with E-state index in [0.717, 1.165) is 31.2 Å². The summed E-state index contributed by atoms with van der Waals surface area (Å²) in [6.07, 6.45) is 5.28. The van der Waals surface area contributed by atoms with Crippen molar-refractivity contribution in [3.8, 4) is 0 Å². The number of hydrogen-bond donors (Lipinski definition) is 0. The molecule has 1 aromatic rings. The zero-order valence-corrected chi connectivity index (χ0v) is 14.0. The van der Waals surface area contributed by atoms with Gasteiger partial charge in [0.2, 0.25) is 11.8 Å². The standard InChI is InChI=1S/C19H23FN2O2/c1-14(23)22-9-3-6-18(22)19(24)21-10-7-15(8-11-21)12-16-4-2-5-17(20)13-16/h2,4-5,12-13,18H,3,6-11H2,1H3/t18-/m1/s1. The Bertz CT molecular complexity index is 661. The molecule has 0 unspecified atom stereocenters. The fraction of sp³-hybridized carbons (Fsp3) is 0.474. The van der Waals surface area contributed by atoms with Crippen LogP contribution in [0.25, 0.3) is 6.08 Å². The maximum absolute atomic E-state index is 13.2. The summed E-state index contributed by atoms with van der Waals surface area (Å²) in [6.45, 7) is 3.55. The van der Waals surface area contributed by atoms with Gasteiger partial charge < -0.3 is 9.80 Å². The first kappa shape index (κ1) is 16.7. The first-order valence-corrected chi connectivity index (χ1v) is 8.55. The van der Waals surface area contributed by atoms with Crippen molar-refractivity contribution in [1.29, 1.82) is 0 Å². The highest BCUT2D eigenvalue weighted by Crippen LogP contribution is 2.24.